The minimum Gasteiger partial charge on any atom is -0.345 e. The van der Waals surface area contributed by atoms with Gasteiger partial charge in [-0.3, -0.25) is 15.5 Å². The first kappa shape index (κ1) is 14.9. The summed E-state index contributed by atoms with van der Waals surface area (Å²) in [5.74, 6) is 0.0189. The Hall–Kier alpha value is -1.17. The molecule has 0 aromatic rings. The molecule has 102 valence electrons. The fourth-order valence-electron chi connectivity index (χ4n) is 1.68. The van der Waals surface area contributed by atoms with Crippen LogP contribution in [0, 0.1) is 0 Å². The Bertz CT molecular complexity index is 325. The molecule has 1 fully saturated rings. The lowest BCUT2D eigenvalue weighted by Gasteiger charge is -2.39. The molecule has 1 heterocycles. The summed E-state index contributed by atoms with van der Waals surface area (Å²) in [6.07, 6.45) is 6.53. The van der Waals surface area contributed by atoms with Crippen molar-refractivity contribution in [1.29, 1.82) is 0 Å². The molecule has 5 nitrogen and oxygen atoms in total. The number of hydrazine groups is 1. The first-order chi connectivity index (χ1) is 8.72. The average molecular weight is 252 g/mol. The normalized spacial score (nSPS) is 24.1. The maximum atomic E-state index is 12.0. The van der Waals surface area contributed by atoms with Gasteiger partial charge in [-0.05, 0) is 13.3 Å². The minimum atomic E-state index is 0.0189. The number of hydrogen-bond donors (Lipinski definition) is 4. The van der Waals surface area contributed by atoms with Gasteiger partial charge in [0.25, 0.3) is 0 Å². The highest BCUT2D eigenvalue weighted by Crippen LogP contribution is 2.05. The van der Waals surface area contributed by atoms with Crippen LogP contribution in [-0.4, -0.2) is 31.2 Å². The lowest BCUT2D eigenvalue weighted by Crippen LogP contribution is -2.72. The maximum absolute atomic E-state index is 12.0. The van der Waals surface area contributed by atoms with E-state index in [9.17, 15) is 4.79 Å². The van der Waals surface area contributed by atoms with Crippen LogP contribution in [0.25, 0.3) is 0 Å². The zero-order valence-corrected chi connectivity index (χ0v) is 11.4. The van der Waals surface area contributed by atoms with Crippen LogP contribution in [0.3, 0.4) is 0 Å². The fourth-order valence-corrected chi connectivity index (χ4v) is 1.68. The van der Waals surface area contributed by atoms with Crippen LogP contribution in [0.15, 0.2) is 23.8 Å². The van der Waals surface area contributed by atoms with E-state index in [-0.39, 0.29) is 18.1 Å². The first-order valence-corrected chi connectivity index (χ1v) is 6.57. The number of nitrogens with one attached hydrogen (secondary N) is 4. The molecule has 0 aromatic heterocycles. The molecule has 1 saturated heterocycles. The molecule has 5 heteroatoms. The van der Waals surface area contributed by atoms with E-state index < -0.39 is 0 Å². The molecule has 2 atom stereocenters. The molecular formula is C13H24N4O. The third kappa shape index (κ3) is 4.25. The van der Waals surface area contributed by atoms with Crippen molar-refractivity contribution in [3.63, 3.8) is 0 Å². The van der Waals surface area contributed by atoms with Gasteiger partial charge in [0.05, 0.1) is 12.2 Å². The van der Waals surface area contributed by atoms with E-state index >= 15 is 0 Å². The van der Waals surface area contributed by atoms with Crippen LogP contribution in [0.5, 0.6) is 0 Å². The highest BCUT2D eigenvalue weighted by Gasteiger charge is 2.31. The molecule has 0 radical (unpaired) electrons. The fraction of sp³-hybridized carbons (Fsp3) is 0.615. The minimum absolute atomic E-state index is 0.0189. The predicted molar refractivity (Wildman–Crippen MR) is 73.7 cm³/mol. The summed E-state index contributed by atoms with van der Waals surface area (Å²) in [5, 5.41) is 6.24. The molecule has 0 spiro atoms. The smallest absolute Gasteiger partial charge is 0.247 e. The lowest BCUT2D eigenvalue weighted by atomic mass is 10.1. The highest BCUT2D eigenvalue weighted by atomic mass is 16.1. The summed E-state index contributed by atoms with van der Waals surface area (Å²) in [6, 6.07) is 0.136. The standard InChI is InChI=1S/C13H24N4O/c1-4-7-8-10(5-2)13(18)16-11-9-14-12(11)17-15-6-3/h4,7-8,11-12,14-15,17H,5-6,9H2,1-3H3,(H,16,18)/b7-4-,10-8+/t11?,12-/m0/s1. The van der Waals surface area contributed by atoms with E-state index in [1.165, 1.54) is 0 Å². The van der Waals surface area contributed by atoms with E-state index in [0.717, 1.165) is 25.1 Å². The number of rotatable bonds is 7. The quantitative estimate of drug-likeness (QED) is 0.301. The van der Waals surface area contributed by atoms with Crippen molar-refractivity contribution in [3.8, 4) is 0 Å². The van der Waals surface area contributed by atoms with Crippen molar-refractivity contribution in [2.24, 2.45) is 0 Å². The van der Waals surface area contributed by atoms with Crippen molar-refractivity contribution in [2.45, 2.75) is 39.4 Å². The second-order valence-corrected chi connectivity index (χ2v) is 4.21. The van der Waals surface area contributed by atoms with E-state index in [0.29, 0.717) is 0 Å². The zero-order valence-electron chi connectivity index (χ0n) is 11.4. The van der Waals surface area contributed by atoms with E-state index in [4.69, 9.17) is 0 Å². The molecule has 18 heavy (non-hydrogen) atoms. The lowest BCUT2D eigenvalue weighted by molar-refractivity contribution is -0.119. The summed E-state index contributed by atoms with van der Waals surface area (Å²) in [4.78, 5) is 12.0. The summed E-state index contributed by atoms with van der Waals surface area (Å²) >= 11 is 0. The van der Waals surface area contributed by atoms with Crippen molar-refractivity contribution in [3.05, 3.63) is 23.8 Å². The SMILES string of the molecule is C/C=C\C=C(/CC)C(=O)NC1CN[C@H]1NNCC. The summed E-state index contributed by atoms with van der Waals surface area (Å²) in [7, 11) is 0. The summed E-state index contributed by atoms with van der Waals surface area (Å²) in [6.45, 7) is 7.60. The van der Waals surface area contributed by atoms with Gasteiger partial charge in [-0.1, -0.05) is 32.1 Å². The number of hydrogen-bond acceptors (Lipinski definition) is 4. The first-order valence-electron chi connectivity index (χ1n) is 6.57. The van der Waals surface area contributed by atoms with Crippen molar-refractivity contribution >= 4 is 5.91 Å². The average Bonchev–Trinajstić information content (AvgIpc) is 2.36. The highest BCUT2D eigenvalue weighted by molar-refractivity contribution is 5.93. The maximum Gasteiger partial charge on any atom is 0.247 e. The van der Waals surface area contributed by atoms with Gasteiger partial charge in [0.2, 0.25) is 5.91 Å². The third-order valence-corrected chi connectivity index (χ3v) is 2.87. The molecule has 0 aromatic carbocycles. The van der Waals surface area contributed by atoms with Crippen molar-refractivity contribution < 1.29 is 4.79 Å². The Kier molecular flexibility index (Phi) is 6.64. The van der Waals surface area contributed by atoms with Gasteiger partial charge in [0.1, 0.15) is 0 Å². The molecule has 0 aliphatic carbocycles. The molecule has 1 rings (SSSR count). The number of carbonyl (C=O) groups excluding carboxylic acids is 1. The third-order valence-electron chi connectivity index (χ3n) is 2.87. The predicted octanol–water partition coefficient (Wildman–Crippen LogP) is 0.427. The number of amides is 1. The summed E-state index contributed by atoms with van der Waals surface area (Å²) < 4.78 is 0. The van der Waals surface area contributed by atoms with Crippen molar-refractivity contribution in [2.75, 3.05) is 13.1 Å². The number of allylic oxidation sites excluding steroid dienone is 3. The van der Waals surface area contributed by atoms with Gasteiger partial charge in [-0.2, -0.15) is 0 Å². The van der Waals surface area contributed by atoms with E-state index in [2.05, 4.69) is 21.5 Å². The van der Waals surface area contributed by atoms with Gasteiger partial charge < -0.3 is 5.32 Å². The monoisotopic (exact) mass is 252 g/mol. The van der Waals surface area contributed by atoms with Crippen LogP contribution in [-0.2, 0) is 4.79 Å². The van der Waals surface area contributed by atoms with Crippen LogP contribution >= 0.6 is 0 Å². The molecule has 0 saturated carbocycles. The van der Waals surface area contributed by atoms with Crippen LogP contribution in [0.4, 0.5) is 0 Å². The second-order valence-electron chi connectivity index (χ2n) is 4.21. The van der Waals surface area contributed by atoms with E-state index in [1.54, 1.807) is 0 Å². The van der Waals surface area contributed by atoms with Gasteiger partial charge in [0, 0.05) is 18.7 Å². The number of carbonyl (C=O) groups is 1. The van der Waals surface area contributed by atoms with Gasteiger partial charge >= 0.3 is 0 Å². The molecule has 1 amide bonds. The molecule has 0 bridgehead atoms. The Labute approximate surface area is 109 Å². The summed E-state index contributed by atoms with van der Waals surface area (Å²) in [5.41, 5.74) is 6.96. The van der Waals surface area contributed by atoms with Crippen LogP contribution < -0.4 is 21.5 Å². The molecule has 1 aliphatic heterocycles. The van der Waals surface area contributed by atoms with E-state index in [1.807, 2.05) is 39.0 Å². The zero-order chi connectivity index (χ0) is 13.4. The Morgan fingerprint density at radius 1 is 1.44 bits per heavy atom. The van der Waals surface area contributed by atoms with Crippen LogP contribution in [0.1, 0.15) is 27.2 Å². The molecular weight excluding hydrogens is 228 g/mol. The van der Waals surface area contributed by atoms with Gasteiger partial charge in [0.15, 0.2) is 0 Å². The molecule has 1 aliphatic rings. The topological polar surface area (TPSA) is 65.2 Å². The molecule has 1 unspecified atom stereocenters. The van der Waals surface area contributed by atoms with Crippen LogP contribution in [0.2, 0.25) is 0 Å². The Balaban J connectivity index is 2.44. The molecule has 4 N–H and O–H groups in total. The van der Waals surface area contributed by atoms with Gasteiger partial charge in [-0.15, -0.1) is 0 Å². The largest absolute Gasteiger partial charge is 0.345 e. The second kappa shape index (κ2) is 8.02. The Morgan fingerprint density at radius 3 is 2.72 bits per heavy atom. The Morgan fingerprint density at radius 2 is 2.22 bits per heavy atom. The van der Waals surface area contributed by atoms with Crippen molar-refractivity contribution in [1.82, 2.24) is 21.5 Å². The van der Waals surface area contributed by atoms with Gasteiger partial charge in [-0.25, -0.2) is 5.43 Å².